The second-order valence-corrected chi connectivity index (χ2v) is 16.6. The van der Waals surface area contributed by atoms with Gasteiger partial charge in [0.25, 0.3) is 0 Å². The smallest absolute Gasteiger partial charge is 0.218 e. The summed E-state index contributed by atoms with van der Waals surface area (Å²) < 4.78 is 6.17. The van der Waals surface area contributed by atoms with Crippen molar-refractivity contribution in [2.45, 2.75) is 61.6 Å². The summed E-state index contributed by atoms with van der Waals surface area (Å²) >= 11 is 0. The number of benzene rings is 5. The van der Waals surface area contributed by atoms with E-state index in [-0.39, 0.29) is 0 Å². The molecule has 5 rings (SSSR count). The van der Waals surface area contributed by atoms with E-state index >= 15 is 0 Å². The van der Waals surface area contributed by atoms with Crippen molar-refractivity contribution < 1.29 is 4.43 Å². The second kappa shape index (κ2) is 12.9. The van der Waals surface area contributed by atoms with Crippen LogP contribution in [0, 0.1) is 41.5 Å². The number of rotatable bonds is 9. The van der Waals surface area contributed by atoms with Crippen LogP contribution >= 0.6 is 0 Å². The molecule has 0 aliphatic carbocycles. The lowest BCUT2D eigenvalue weighted by Gasteiger charge is -2.30. The Morgan fingerprint density at radius 1 is 0.432 bits per heavy atom. The third kappa shape index (κ3) is 6.98. The van der Waals surface area contributed by atoms with Gasteiger partial charge in [0.15, 0.2) is 0 Å². The van der Waals surface area contributed by atoms with Gasteiger partial charge in [0.2, 0.25) is 8.32 Å². The lowest BCUT2D eigenvalue weighted by atomic mass is 10.1. The number of aryl methyl sites for hydroxylation is 6. The molecule has 0 unspecified atom stereocenters. The molecule has 0 atom stereocenters. The van der Waals surface area contributed by atoms with Crippen molar-refractivity contribution in [3.8, 4) is 0 Å². The van der Waals surface area contributed by atoms with Gasteiger partial charge in [-0.3, -0.25) is 0 Å². The number of anilines is 6. The van der Waals surface area contributed by atoms with E-state index in [1.54, 1.807) is 0 Å². The van der Waals surface area contributed by atoms with Crippen LogP contribution in [0.3, 0.4) is 0 Å². The van der Waals surface area contributed by atoms with Crippen LogP contribution in [0.2, 0.25) is 13.1 Å². The number of hydrogen-bond acceptors (Lipinski definition) is 3. The maximum absolute atomic E-state index is 6.17. The van der Waals surface area contributed by atoms with Gasteiger partial charge in [0, 0.05) is 40.7 Å². The molecule has 0 aliphatic rings. The summed E-state index contributed by atoms with van der Waals surface area (Å²) in [7, 11) is -1.94. The predicted octanol–water partition coefficient (Wildman–Crippen LogP) is 10.9. The van der Waals surface area contributed by atoms with Gasteiger partial charge in [0.1, 0.15) is 0 Å². The molecule has 5 aromatic rings. The summed E-state index contributed by atoms with van der Waals surface area (Å²) in [6.45, 7) is 20.4. The summed E-state index contributed by atoms with van der Waals surface area (Å²) in [5.74, 6) is 0. The Labute approximate surface area is 265 Å². The van der Waals surface area contributed by atoms with Crippen LogP contribution in [0.1, 0.15) is 40.3 Å². The minimum absolute atomic E-state index is 0.739. The van der Waals surface area contributed by atoms with Gasteiger partial charge in [-0.2, -0.15) is 0 Å². The SMILES string of the molecule is CCO[Si](C)(C)c1ccc(N(c2ccc(N(c3cc(C)cc(C)c3)c3cc(C)cc(C)c3)cc2)c2cc(C)cc(C)c2)cc1. The highest BCUT2D eigenvalue weighted by atomic mass is 28.4. The van der Waals surface area contributed by atoms with Gasteiger partial charge < -0.3 is 14.2 Å². The third-order valence-corrected chi connectivity index (χ3v) is 10.8. The zero-order valence-corrected chi connectivity index (χ0v) is 28.8. The second-order valence-electron chi connectivity index (χ2n) is 12.7. The Kier molecular flexibility index (Phi) is 9.14. The van der Waals surface area contributed by atoms with Crippen molar-refractivity contribution in [2.75, 3.05) is 16.4 Å². The van der Waals surface area contributed by atoms with Gasteiger partial charge in [-0.05, 0) is 173 Å². The standard InChI is InChI=1S/C40H46N2OSi/c1-10-43-44(8,9)40-17-15-36(16-18-40)41(37-22-28(2)19-29(3)23-37)34-11-13-35(14-12-34)42(38-24-30(4)20-31(5)25-38)39-26-32(6)21-33(7)27-39/h11-27H,10H2,1-9H3. The molecule has 4 heteroatoms. The van der Waals surface area contributed by atoms with E-state index in [4.69, 9.17) is 4.43 Å². The lowest BCUT2D eigenvalue weighted by Crippen LogP contribution is -2.44. The van der Waals surface area contributed by atoms with Crippen molar-refractivity contribution in [3.63, 3.8) is 0 Å². The molecule has 0 radical (unpaired) electrons. The first-order valence-electron chi connectivity index (χ1n) is 15.6. The Hall–Kier alpha value is -4.12. The molecule has 44 heavy (non-hydrogen) atoms. The molecule has 0 saturated carbocycles. The minimum Gasteiger partial charge on any atom is -0.413 e. The Balaban J connectivity index is 1.62. The molecule has 226 valence electrons. The fraction of sp³-hybridized carbons (Fsp3) is 0.250. The van der Waals surface area contributed by atoms with Crippen molar-refractivity contribution in [3.05, 3.63) is 137 Å². The molecule has 5 aromatic carbocycles. The highest BCUT2D eigenvalue weighted by molar-refractivity contribution is 6.84. The van der Waals surface area contributed by atoms with Gasteiger partial charge in [-0.15, -0.1) is 0 Å². The molecule has 0 amide bonds. The average molecular weight is 599 g/mol. The van der Waals surface area contributed by atoms with E-state index < -0.39 is 8.32 Å². The molecule has 0 bridgehead atoms. The predicted molar refractivity (Wildman–Crippen MR) is 193 cm³/mol. The van der Waals surface area contributed by atoms with Crippen LogP contribution < -0.4 is 15.0 Å². The molecular formula is C40H46N2OSi. The van der Waals surface area contributed by atoms with E-state index in [0.29, 0.717) is 0 Å². The fourth-order valence-electron chi connectivity index (χ4n) is 6.34. The van der Waals surface area contributed by atoms with Gasteiger partial charge >= 0.3 is 0 Å². The van der Waals surface area contributed by atoms with Gasteiger partial charge in [-0.25, -0.2) is 0 Å². The zero-order valence-electron chi connectivity index (χ0n) is 27.8. The molecule has 0 N–H and O–H groups in total. The van der Waals surface area contributed by atoms with E-state index in [2.05, 4.69) is 174 Å². The summed E-state index contributed by atoms with van der Waals surface area (Å²) in [6.07, 6.45) is 0. The zero-order chi connectivity index (χ0) is 31.6. The summed E-state index contributed by atoms with van der Waals surface area (Å²) in [4.78, 5) is 4.74. The Morgan fingerprint density at radius 3 is 1.00 bits per heavy atom. The van der Waals surface area contributed by atoms with Crippen LogP contribution in [-0.2, 0) is 4.43 Å². The maximum atomic E-state index is 6.17. The van der Waals surface area contributed by atoms with E-state index in [9.17, 15) is 0 Å². The van der Waals surface area contributed by atoms with E-state index in [1.807, 2.05) is 0 Å². The van der Waals surface area contributed by atoms with Crippen molar-refractivity contribution >= 4 is 47.6 Å². The molecule has 0 aromatic heterocycles. The molecular weight excluding hydrogens is 553 g/mol. The van der Waals surface area contributed by atoms with Crippen LogP contribution in [0.5, 0.6) is 0 Å². The quantitative estimate of drug-likeness (QED) is 0.157. The van der Waals surface area contributed by atoms with Crippen LogP contribution in [-0.4, -0.2) is 14.9 Å². The summed E-state index contributed by atoms with van der Waals surface area (Å²) in [6, 6.07) is 38.3. The molecule has 3 nitrogen and oxygen atoms in total. The molecule has 0 heterocycles. The van der Waals surface area contributed by atoms with Gasteiger partial charge in [-0.1, -0.05) is 30.3 Å². The maximum Gasteiger partial charge on any atom is 0.218 e. The van der Waals surface area contributed by atoms with Crippen LogP contribution in [0.25, 0.3) is 0 Å². The average Bonchev–Trinajstić information content (AvgIpc) is 2.93. The van der Waals surface area contributed by atoms with Gasteiger partial charge in [0.05, 0.1) is 0 Å². The first kappa shape index (κ1) is 31.3. The van der Waals surface area contributed by atoms with E-state index in [1.165, 1.54) is 49.9 Å². The topological polar surface area (TPSA) is 15.7 Å². The summed E-state index contributed by atoms with van der Waals surface area (Å²) in [5.41, 5.74) is 14.4. The Bertz CT molecular complexity index is 1640. The number of hydrogen-bond donors (Lipinski definition) is 0. The third-order valence-electron chi connectivity index (χ3n) is 8.09. The Morgan fingerprint density at radius 2 is 0.705 bits per heavy atom. The van der Waals surface area contributed by atoms with E-state index in [0.717, 1.165) is 29.4 Å². The lowest BCUT2D eigenvalue weighted by molar-refractivity contribution is 0.339. The first-order valence-corrected chi connectivity index (χ1v) is 18.5. The van der Waals surface area contributed by atoms with Crippen molar-refractivity contribution in [2.24, 2.45) is 0 Å². The van der Waals surface area contributed by atoms with Crippen LogP contribution in [0.4, 0.5) is 34.1 Å². The molecule has 0 fully saturated rings. The fourth-order valence-corrected chi connectivity index (χ4v) is 8.20. The largest absolute Gasteiger partial charge is 0.413 e. The normalized spacial score (nSPS) is 11.5. The number of nitrogens with zero attached hydrogens (tertiary/aromatic N) is 2. The van der Waals surface area contributed by atoms with Crippen molar-refractivity contribution in [1.29, 1.82) is 0 Å². The van der Waals surface area contributed by atoms with Crippen LogP contribution in [0.15, 0.2) is 103 Å². The highest BCUT2D eigenvalue weighted by Crippen LogP contribution is 2.40. The first-order chi connectivity index (χ1) is 20.9. The van der Waals surface area contributed by atoms with Crippen molar-refractivity contribution in [1.82, 2.24) is 0 Å². The monoisotopic (exact) mass is 598 g/mol. The highest BCUT2D eigenvalue weighted by Gasteiger charge is 2.25. The molecule has 0 aliphatic heterocycles. The minimum atomic E-state index is -1.94. The molecule has 0 spiro atoms. The summed E-state index contributed by atoms with van der Waals surface area (Å²) in [5, 5.41) is 1.30. The molecule has 0 saturated heterocycles.